The Labute approximate surface area is 169 Å². The minimum Gasteiger partial charge on any atom is -0.324 e. The first-order chi connectivity index (χ1) is 13.7. The zero-order chi connectivity index (χ0) is 21.1. The molecule has 0 atom stereocenters. The van der Waals surface area contributed by atoms with Crippen molar-refractivity contribution in [1.82, 2.24) is 9.78 Å². The molecule has 6 nitrogen and oxygen atoms in total. The summed E-state index contributed by atoms with van der Waals surface area (Å²) < 4.78 is 1.15. The minimum atomic E-state index is -0.394. The largest absolute Gasteiger partial charge is 0.324 e. The van der Waals surface area contributed by atoms with Gasteiger partial charge in [0.2, 0.25) is 5.91 Å². The van der Waals surface area contributed by atoms with Crippen LogP contribution in [0.2, 0.25) is 0 Å². The molecule has 1 heterocycles. The lowest BCUT2D eigenvalue weighted by atomic mass is 9.99. The molecule has 1 amide bonds. The third-order valence-corrected chi connectivity index (χ3v) is 4.83. The fourth-order valence-corrected chi connectivity index (χ4v) is 3.09. The SMILES string of the molecule is CC(=O)c1cccc(NC(=O)Cn2nc(-c3cc(C)c(C)cc3C)ccc2=O)c1. The van der Waals surface area contributed by atoms with Crippen molar-refractivity contribution in [2.45, 2.75) is 34.2 Å². The number of nitrogens with zero attached hydrogens (tertiary/aromatic N) is 2. The zero-order valence-electron chi connectivity index (χ0n) is 16.9. The van der Waals surface area contributed by atoms with Gasteiger partial charge in [-0.3, -0.25) is 14.4 Å². The fourth-order valence-electron chi connectivity index (χ4n) is 3.09. The van der Waals surface area contributed by atoms with Crippen LogP contribution in [0, 0.1) is 20.8 Å². The lowest BCUT2D eigenvalue weighted by molar-refractivity contribution is -0.117. The number of aryl methyl sites for hydroxylation is 3. The van der Waals surface area contributed by atoms with E-state index in [1.807, 2.05) is 26.8 Å². The molecule has 29 heavy (non-hydrogen) atoms. The molecule has 148 valence electrons. The summed E-state index contributed by atoms with van der Waals surface area (Å²) in [5.41, 5.74) is 5.58. The van der Waals surface area contributed by atoms with Gasteiger partial charge in [-0.15, -0.1) is 0 Å². The second kappa shape index (κ2) is 8.22. The average molecular weight is 389 g/mol. The van der Waals surface area contributed by atoms with Gasteiger partial charge in [0.05, 0.1) is 5.69 Å². The summed E-state index contributed by atoms with van der Waals surface area (Å²) in [5.74, 6) is -0.482. The summed E-state index contributed by atoms with van der Waals surface area (Å²) in [5, 5.41) is 7.10. The number of ketones is 1. The number of Topliss-reactive ketones (excluding diaryl/α,β-unsaturated/α-hetero) is 1. The standard InChI is InChI=1S/C23H23N3O3/c1-14-10-16(3)20(11-15(14)2)21-8-9-23(29)26(25-21)13-22(28)24-19-7-5-6-18(12-19)17(4)27/h5-12H,13H2,1-4H3,(H,24,28). The monoisotopic (exact) mass is 389 g/mol. The molecule has 3 rings (SSSR count). The number of benzene rings is 2. The molecule has 3 aromatic rings. The van der Waals surface area contributed by atoms with Crippen molar-refractivity contribution >= 4 is 17.4 Å². The van der Waals surface area contributed by atoms with Crippen LogP contribution in [-0.2, 0) is 11.3 Å². The average Bonchev–Trinajstić information content (AvgIpc) is 2.66. The molecule has 0 aliphatic carbocycles. The van der Waals surface area contributed by atoms with Crippen LogP contribution in [0.15, 0.2) is 53.3 Å². The minimum absolute atomic E-state index is 0.0875. The molecular formula is C23H23N3O3. The Balaban J connectivity index is 1.85. The van der Waals surface area contributed by atoms with Crippen LogP contribution in [0.5, 0.6) is 0 Å². The van der Waals surface area contributed by atoms with Crippen molar-refractivity contribution < 1.29 is 9.59 Å². The first-order valence-corrected chi connectivity index (χ1v) is 9.32. The van der Waals surface area contributed by atoms with Gasteiger partial charge in [0.25, 0.3) is 5.56 Å². The second-order valence-electron chi connectivity index (χ2n) is 7.15. The normalized spacial score (nSPS) is 10.6. The van der Waals surface area contributed by atoms with Crippen LogP contribution in [0.1, 0.15) is 34.0 Å². The van der Waals surface area contributed by atoms with Crippen molar-refractivity contribution in [1.29, 1.82) is 0 Å². The van der Waals surface area contributed by atoms with Crippen LogP contribution in [0.4, 0.5) is 5.69 Å². The van der Waals surface area contributed by atoms with Crippen LogP contribution >= 0.6 is 0 Å². The summed E-state index contributed by atoms with van der Waals surface area (Å²) in [6, 6.07) is 13.9. The fraction of sp³-hybridized carbons (Fsp3) is 0.217. The summed E-state index contributed by atoms with van der Waals surface area (Å²) in [4.78, 5) is 36.1. The summed E-state index contributed by atoms with van der Waals surface area (Å²) in [7, 11) is 0. The van der Waals surface area contributed by atoms with Gasteiger partial charge in [-0.05, 0) is 68.7 Å². The number of anilines is 1. The van der Waals surface area contributed by atoms with Gasteiger partial charge in [-0.25, -0.2) is 4.68 Å². The van der Waals surface area contributed by atoms with E-state index in [-0.39, 0.29) is 17.9 Å². The van der Waals surface area contributed by atoms with E-state index in [0.717, 1.165) is 21.4 Å². The predicted octanol–water partition coefficient (Wildman–Crippen LogP) is 3.68. The van der Waals surface area contributed by atoms with Gasteiger partial charge >= 0.3 is 0 Å². The molecule has 0 aliphatic heterocycles. The van der Waals surface area contributed by atoms with Gasteiger partial charge in [0.1, 0.15) is 6.54 Å². The van der Waals surface area contributed by atoms with E-state index in [0.29, 0.717) is 16.9 Å². The summed E-state index contributed by atoms with van der Waals surface area (Å²) in [6.45, 7) is 7.31. The molecule has 0 bridgehead atoms. The Morgan fingerprint density at radius 1 is 0.966 bits per heavy atom. The highest BCUT2D eigenvalue weighted by atomic mass is 16.2. The van der Waals surface area contributed by atoms with Gasteiger partial charge in [-0.2, -0.15) is 5.10 Å². The molecule has 0 fully saturated rings. The number of rotatable bonds is 5. The Morgan fingerprint density at radius 2 is 1.69 bits per heavy atom. The Morgan fingerprint density at radius 3 is 2.41 bits per heavy atom. The van der Waals surface area contributed by atoms with Gasteiger partial charge in [0.15, 0.2) is 5.78 Å². The molecule has 0 aliphatic rings. The predicted molar refractivity (Wildman–Crippen MR) is 113 cm³/mol. The van der Waals surface area contributed by atoms with Crippen molar-refractivity contribution in [2.24, 2.45) is 0 Å². The smallest absolute Gasteiger partial charge is 0.267 e. The number of hydrogen-bond donors (Lipinski definition) is 1. The molecule has 0 radical (unpaired) electrons. The maximum Gasteiger partial charge on any atom is 0.267 e. The van der Waals surface area contributed by atoms with E-state index in [2.05, 4.69) is 16.5 Å². The van der Waals surface area contributed by atoms with Crippen LogP contribution in [0.3, 0.4) is 0 Å². The zero-order valence-corrected chi connectivity index (χ0v) is 16.9. The molecular weight excluding hydrogens is 366 g/mol. The number of carbonyl (C=O) groups excluding carboxylic acids is 2. The van der Waals surface area contributed by atoms with Crippen molar-refractivity contribution in [3.05, 3.63) is 81.1 Å². The van der Waals surface area contributed by atoms with E-state index in [9.17, 15) is 14.4 Å². The number of nitrogens with one attached hydrogen (secondary N) is 1. The Kier molecular flexibility index (Phi) is 5.73. The van der Waals surface area contributed by atoms with E-state index >= 15 is 0 Å². The van der Waals surface area contributed by atoms with Gasteiger partial charge < -0.3 is 5.32 Å². The molecule has 2 aromatic carbocycles. The molecule has 0 unspecified atom stereocenters. The maximum atomic E-state index is 12.4. The number of hydrogen-bond acceptors (Lipinski definition) is 4. The van der Waals surface area contributed by atoms with E-state index < -0.39 is 5.91 Å². The van der Waals surface area contributed by atoms with E-state index in [1.54, 1.807) is 30.3 Å². The second-order valence-corrected chi connectivity index (χ2v) is 7.15. The quantitative estimate of drug-likeness (QED) is 0.675. The van der Waals surface area contributed by atoms with Crippen LogP contribution in [-0.4, -0.2) is 21.5 Å². The van der Waals surface area contributed by atoms with Crippen LogP contribution < -0.4 is 10.9 Å². The molecule has 6 heteroatoms. The summed E-state index contributed by atoms with van der Waals surface area (Å²) in [6.07, 6.45) is 0. The number of amides is 1. The molecule has 0 saturated heterocycles. The highest BCUT2D eigenvalue weighted by molar-refractivity contribution is 5.97. The Bertz CT molecular complexity index is 1160. The lowest BCUT2D eigenvalue weighted by Gasteiger charge is -2.12. The molecule has 1 aromatic heterocycles. The topological polar surface area (TPSA) is 81.1 Å². The molecule has 0 spiro atoms. The first kappa shape index (κ1) is 20.2. The first-order valence-electron chi connectivity index (χ1n) is 9.32. The van der Waals surface area contributed by atoms with Crippen molar-refractivity contribution in [3.63, 3.8) is 0 Å². The Hall–Kier alpha value is -3.54. The van der Waals surface area contributed by atoms with E-state index in [1.165, 1.54) is 18.6 Å². The highest BCUT2D eigenvalue weighted by Crippen LogP contribution is 2.24. The van der Waals surface area contributed by atoms with Crippen LogP contribution in [0.25, 0.3) is 11.3 Å². The van der Waals surface area contributed by atoms with E-state index in [4.69, 9.17) is 0 Å². The lowest BCUT2D eigenvalue weighted by Crippen LogP contribution is -2.29. The van der Waals surface area contributed by atoms with Crippen molar-refractivity contribution in [2.75, 3.05) is 5.32 Å². The summed E-state index contributed by atoms with van der Waals surface area (Å²) >= 11 is 0. The van der Waals surface area contributed by atoms with Gasteiger partial charge in [-0.1, -0.05) is 18.2 Å². The third-order valence-electron chi connectivity index (χ3n) is 4.83. The molecule has 1 N–H and O–H groups in total. The van der Waals surface area contributed by atoms with Gasteiger partial charge in [0, 0.05) is 22.9 Å². The maximum absolute atomic E-state index is 12.4. The highest BCUT2D eigenvalue weighted by Gasteiger charge is 2.11. The number of aromatic nitrogens is 2. The number of carbonyl (C=O) groups is 2. The van der Waals surface area contributed by atoms with Crippen molar-refractivity contribution in [3.8, 4) is 11.3 Å². The third kappa shape index (κ3) is 4.66. The molecule has 0 saturated carbocycles.